The number of amides is 1. The molecule has 1 aromatic heterocycles. The Morgan fingerprint density at radius 2 is 1.73 bits per heavy atom. The summed E-state index contributed by atoms with van der Waals surface area (Å²) in [6.45, 7) is 1.51. The molecule has 1 aliphatic rings. The number of hydrogen-bond acceptors (Lipinski definition) is 4. The van der Waals surface area contributed by atoms with Crippen LogP contribution in [0.15, 0.2) is 72.8 Å². The van der Waals surface area contributed by atoms with E-state index in [0.717, 1.165) is 16.9 Å². The van der Waals surface area contributed by atoms with Crippen LogP contribution in [-0.4, -0.2) is 35.7 Å². The molecule has 168 valence electrons. The second-order valence-corrected chi connectivity index (χ2v) is 7.99. The van der Waals surface area contributed by atoms with Gasteiger partial charge in [-0.1, -0.05) is 24.3 Å². The summed E-state index contributed by atoms with van der Waals surface area (Å²) >= 11 is 0. The van der Waals surface area contributed by atoms with E-state index < -0.39 is 0 Å². The van der Waals surface area contributed by atoms with Gasteiger partial charge in [0.2, 0.25) is 5.91 Å². The SMILES string of the molecule is COc1ccccc1OCCn1c([C@H]2CC(=O)N(c3ccc(F)cc3)C2)nc2ccccc21. The van der Waals surface area contributed by atoms with Gasteiger partial charge in [0.25, 0.3) is 0 Å². The van der Waals surface area contributed by atoms with Crippen LogP contribution in [0.25, 0.3) is 11.0 Å². The summed E-state index contributed by atoms with van der Waals surface area (Å²) in [7, 11) is 1.62. The van der Waals surface area contributed by atoms with Crippen molar-refractivity contribution in [1.29, 1.82) is 0 Å². The van der Waals surface area contributed by atoms with Crippen molar-refractivity contribution in [2.24, 2.45) is 0 Å². The van der Waals surface area contributed by atoms with Gasteiger partial charge in [-0.3, -0.25) is 4.79 Å². The lowest BCUT2D eigenvalue weighted by atomic mass is 10.1. The van der Waals surface area contributed by atoms with Crippen molar-refractivity contribution >= 4 is 22.6 Å². The topological polar surface area (TPSA) is 56.6 Å². The van der Waals surface area contributed by atoms with Crippen molar-refractivity contribution < 1.29 is 18.7 Å². The molecule has 6 nitrogen and oxygen atoms in total. The van der Waals surface area contributed by atoms with E-state index in [9.17, 15) is 9.18 Å². The van der Waals surface area contributed by atoms with Crippen LogP contribution >= 0.6 is 0 Å². The molecule has 5 rings (SSSR count). The minimum atomic E-state index is -0.321. The lowest BCUT2D eigenvalue weighted by Crippen LogP contribution is -2.24. The summed E-state index contributed by atoms with van der Waals surface area (Å²) in [5.41, 5.74) is 2.59. The zero-order valence-corrected chi connectivity index (χ0v) is 18.3. The molecule has 3 aromatic carbocycles. The van der Waals surface area contributed by atoms with Gasteiger partial charge in [-0.15, -0.1) is 0 Å². The second-order valence-electron chi connectivity index (χ2n) is 7.99. The second kappa shape index (κ2) is 8.94. The van der Waals surface area contributed by atoms with Gasteiger partial charge in [0.1, 0.15) is 18.2 Å². The summed E-state index contributed by atoms with van der Waals surface area (Å²) < 4.78 is 26.8. The average molecular weight is 445 g/mol. The molecule has 1 fully saturated rings. The Labute approximate surface area is 191 Å². The van der Waals surface area contributed by atoms with E-state index in [1.165, 1.54) is 12.1 Å². The number of halogens is 1. The van der Waals surface area contributed by atoms with Crippen molar-refractivity contribution in [3.63, 3.8) is 0 Å². The number of carbonyl (C=O) groups excluding carboxylic acids is 1. The third-order valence-electron chi connectivity index (χ3n) is 5.95. The number of fused-ring (bicyclic) bond motifs is 1. The maximum atomic E-state index is 13.3. The van der Waals surface area contributed by atoms with E-state index in [4.69, 9.17) is 14.5 Å². The zero-order chi connectivity index (χ0) is 22.8. The normalized spacial score (nSPS) is 15.9. The van der Waals surface area contributed by atoms with Gasteiger partial charge in [0, 0.05) is 24.6 Å². The number of para-hydroxylation sites is 4. The molecule has 0 aliphatic carbocycles. The maximum absolute atomic E-state index is 13.3. The molecule has 33 heavy (non-hydrogen) atoms. The number of nitrogens with zero attached hydrogens (tertiary/aromatic N) is 3. The van der Waals surface area contributed by atoms with E-state index in [0.29, 0.717) is 43.3 Å². The Balaban J connectivity index is 1.40. The Kier molecular flexibility index (Phi) is 5.69. The van der Waals surface area contributed by atoms with Gasteiger partial charge >= 0.3 is 0 Å². The van der Waals surface area contributed by atoms with E-state index in [2.05, 4.69) is 4.57 Å². The lowest BCUT2D eigenvalue weighted by Gasteiger charge is -2.18. The molecule has 2 heterocycles. The van der Waals surface area contributed by atoms with Crippen molar-refractivity contribution in [1.82, 2.24) is 9.55 Å². The number of rotatable bonds is 7. The molecule has 0 bridgehead atoms. The number of carbonyl (C=O) groups is 1. The van der Waals surface area contributed by atoms with Crippen molar-refractivity contribution in [2.75, 3.05) is 25.2 Å². The summed E-state index contributed by atoms with van der Waals surface area (Å²) in [6, 6.07) is 21.5. The standard InChI is InChI=1S/C26H24FN3O3/c1-32-23-8-4-5-9-24(23)33-15-14-29-22-7-3-2-6-21(22)28-26(29)18-16-25(31)30(17-18)20-12-10-19(27)11-13-20/h2-13,18H,14-17H2,1H3/t18-/m0/s1. The predicted molar refractivity (Wildman–Crippen MR) is 124 cm³/mol. The number of aromatic nitrogens is 2. The zero-order valence-electron chi connectivity index (χ0n) is 18.3. The molecule has 1 amide bonds. The summed E-state index contributed by atoms with van der Waals surface area (Å²) in [6.07, 6.45) is 0.355. The number of benzene rings is 3. The van der Waals surface area contributed by atoms with Crippen LogP contribution in [0.4, 0.5) is 10.1 Å². The first kappa shape index (κ1) is 21.0. The molecule has 0 radical (unpaired) electrons. The molecule has 0 N–H and O–H groups in total. The van der Waals surface area contributed by atoms with Crippen LogP contribution in [0.2, 0.25) is 0 Å². The number of anilines is 1. The fraction of sp³-hybridized carbons (Fsp3) is 0.231. The van der Waals surface area contributed by atoms with Crippen molar-refractivity contribution in [3.8, 4) is 11.5 Å². The van der Waals surface area contributed by atoms with Crippen LogP contribution in [-0.2, 0) is 11.3 Å². The molecule has 1 saturated heterocycles. The van der Waals surface area contributed by atoms with E-state index in [1.54, 1.807) is 24.1 Å². The quantitative estimate of drug-likeness (QED) is 0.411. The largest absolute Gasteiger partial charge is 0.493 e. The van der Waals surface area contributed by atoms with Crippen molar-refractivity contribution in [3.05, 3.63) is 84.4 Å². The first-order chi connectivity index (χ1) is 16.1. The predicted octanol–water partition coefficient (Wildman–Crippen LogP) is 4.78. The van der Waals surface area contributed by atoms with Gasteiger partial charge in [0.05, 0.1) is 24.7 Å². The summed E-state index contributed by atoms with van der Waals surface area (Å²) in [4.78, 5) is 19.4. The van der Waals surface area contributed by atoms with Crippen LogP contribution in [0.1, 0.15) is 18.2 Å². The molecular formula is C26H24FN3O3. The highest BCUT2D eigenvalue weighted by molar-refractivity contribution is 5.96. The number of imidazole rings is 1. The fourth-order valence-corrected chi connectivity index (χ4v) is 4.38. The number of ether oxygens (including phenoxy) is 2. The molecular weight excluding hydrogens is 421 g/mol. The monoisotopic (exact) mass is 445 g/mol. The molecule has 7 heteroatoms. The smallest absolute Gasteiger partial charge is 0.227 e. The van der Waals surface area contributed by atoms with Crippen LogP contribution in [0.5, 0.6) is 11.5 Å². The fourth-order valence-electron chi connectivity index (χ4n) is 4.38. The highest BCUT2D eigenvalue weighted by atomic mass is 19.1. The minimum Gasteiger partial charge on any atom is -0.493 e. The van der Waals surface area contributed by atoms with Gasteiger partial charge in [-0.2, -0.15) is 0 Å². The van der Waals surface area contributed by atoms with E-state index in [-0.39, 0.29) is 17.6 Å². The molecule has 0 spiro atoms. The van der Waals surface area contributed by atoms with Crippen molar-refractivity contribution in [2.45, 2.75) is 18.9 Å². The molecule has 0 unspecified atom stereocenters. The minimum absolute atomic E-state index is 0.00971. The van der Waals surface area contributed by atoms with Crippen LogP contribution < -0.4 is 14.4 Å². The van der Waals surface area contributed by atoms with Gasteiger partial charge in [0.15, 0.2) is 11.5 Å². The number of methoxy groups -OCH3 is 1. The molecule has 1 aliphatic heterocycles. The highest BCUT2D eigenvalue weighted by Gasteiger charge is 2.34. The Hall–Kier alpha value is -3.87. The first-order valence-corrected chi connectivity index (χ1v) is 10.9. The third-order valence-corrected chi connectivity index (χ3v) is 5.95. The van der Waals surface area contributed by atoms with Gasteiger partial charge in [-0.25, -0.2) is 9.37 Å². The Morgan fingerprint density at radius 3 is 2.52 bits per heavy atom. The highest BCUT2D eigenvalue weighted by Crippen LogP contribution is 2.33. The van der Waals surface area contributed by atoms with E-state index >= 15 is 0 Å². The first-order valence-electron chi connectivity index (χ1n) is 10.9. The molecule has 1 atom stereocenters. The molecule has 4 aromatic rings. The number of hydrogen-bond donors (Lipinski definition) is 0. The van der Waals surface area contributed by atoms with Gasteiger partial charge < -0.3 is 18.9 Å². The van der Waals surface area contributed by atoms with E-state index in [1.807, 2.05) is 48.5 Å². The average Bonchev–Trinajstić information content (AvgIpc) is 3.40. The molecule has 0 saturated carbocycles. The van der Waals surface area contributed by atoms with Crippen LogP contribution in [0.3, 0.4) is 0 Å². The third kappa shape index (κ3) is 4.14. The van der Waals surface area contributed by atoms with Crippen LogP contribution in [0, 0.1) is 5.82 Å². The van der Waals surface area contributed by atoms with Gasteiger partial charge in [-0.05, 0) is 48.5 Å². The summed E-state index contributed by atoms with van der Waals surface area (Å²) in [5, 5.41) is 0. The summed E-state index contributed by atoms with van der Waals surface area (Å²) in [5.74, 6) is 1.85. The Morgan fingerprint density at radius 1 is 1.00 bits per heavy atom. The Bertz CT molecular complexity index is 1290. The maximum Gasteiger partial charge on any atom is 0.227 e. The lowest BCUT2D eigenvalue weighted by molar-refractivity contribution is -0.117.